The van der Waals surface area contributed by atoms with E-state index in [-0.39, 0.29) is 17.3 Å². The van der Waals surface area contributed by atoms with Gasteiger partial charge in [0.1, 0.15) is 11.3 Å². The van der Waals surface area contributed by atoms with Crippen molar-refractivity contribution in [2.45, 2.75) is 38.9 Å². The SMILES string of the molecule is CC(C)CC1(C)NC(=O)C(C(=O)Nc2ccc(-c3ccc(C(F)(F)F)cc3)cc2)=C1O. The molecule has 1 heterocycles. The molecule has 2 aromatic rings. The van der Waals surface area contributed by atoms with Gasteiger partial charge in [-0.1, -0.05) is 38.1 Å². The van der Waals surface area contributed by atoms with Gasteiger partial charge in [0.05, 0.1) is 11.1 Å². The second kappa shape index (κ2) is 8.09. The van der Waals surface area contributed by atoms with E-state index < -0.39 is 29.1 Å². The molecular weight excluding hydrogens is 409 g/mol. The molecule has 3 N–H and O–H groups in total. The maximum absolute atomic E-state index is 12.7. The molecule has 2 aromatic carbocycles. The standard InChI is InChI=1S/C23H23F3N2O3/c1-13(2)12-22(3)19(29)18(21(31)28-22)20(30)27-17-10-6-15(7-11-17)14-4-8-16(9-5-14)23(24,25)26/h4-11,13,29H,12H2,1-3H3,(H,27,30)(H,28,31). The molecule has 164 valence electrons. The summed E-state index contributed by atoms with van der Waals surface area (Å²) in [5.41, 5.74) is -0.416. The Balaban J connectivity index is 1.75. The van der Waals surface area contributed by atoms with Crippen LogP contribution in [0.2, 0.25) is 0 Å². The Hall–Kier alpha value is -3.29. The fourth-order valence-corrected chi connectivity index (χ4v) is 3.72. The van der Waals surface area contributed by atoms with Crippen molar-refractivity contribution in [1.82, 2.24) is 5.32 Å². The van der Waals surface area contributed by atoms with Gasteiger partial charge in [0, 0.05) is 5.69 Å². The number of hydrogen-bond acceptors (Lipinski definition) is 3. The molecule has 1 aliphatic rings. The topological polar surface area (TPSA) is 78.4 Å². The molecule has 0 aliphatic carbocycles. The third-order valence-electron chi connectivity index (χ3n) is 5.11. The molecule has 0 bridgehead atoms. The summed E-state index contributed by atoms with van der Waals surface area (Å²) in [6.45, 7) is 5.56. The third kappa shape index (κ3) is 4.73. The number of alkyl halides is 3. The van der Waals surface area contributed by atoms with E-state index in [0.717, 1.165) is 12.1 Å². The van der Waals surface area contributed by atoms with Crippen molar-refractivity contribution < 1.29 is 27.9 Å². The first-order valence-electron chi connectivity index (χ1n) is 9.76. The minimum atomic E-state index is -4.40. The number of aliphatic hydroxyl groups excluding tert-OH is 1. The zero-order chi connectivity index (χ0) is 23.0. The van der Waals surface area contributed by atoms with E-state index in [1.54, 1.807) is 31.2 Å². The lowest BCUT2D eigenvalue weighted by molar-refractivity contribution is -0.137. The lowest BCUT2D eigenvalue weighted by atomic mass is 9.89. The zero-order valence-electron chi connectivity index (χ0n) is 17.3. The Morgan fingerprint density at radius 1 is 1.06 bits per heavy atom. The summed E-state index contributed by atoms with van der Waals surface area (Å²) in [5.74, 6) is -1.47. The molecule has 0 radical (unpaired) electrons. The van der Waals surface area contributed by atoms with E-state index in [1.165, 1.54) is 12.1 Å². The fraction of sp³-hybridized carbons (Fsp3) is 0.304. The number of halogens is 3. The van der Waals surface area contributed by atoms with Gasteiger partial charge in [-0.15, -0.1) is 0 Å². The number of aliphatic hydroxyl groups is 1. The van der Waals surface area contributed by atoms with Crippen LogP contribution in [0.4, 0.5) is 18.9 Å². The van der Waals surface area contributed by atoms with Crippen molar-refractivity contribution in [3.05, 3.63) is 65.4 Å². The Morgan fingerprint density at radius 3 is 2.06 bits per heavy atom. The van der Waals surface area contributed by atoms with Gasteiger partial charge >= 0.3 is 6.18 Å². The maximum atomic E-state index is 12.7. The highest BCUT2D eigenvalue weighted by Crippen LogP contribution is 2.33. The second-order valence-corrected chi connectivity index (χ2v) is 8.21. The van der Waals surface area contributed by atoms with E-state index >= 15 is 0 Å². The molecule has 1 atom stereocenters. The summed E-state index contributed by atoms with van der Waals surface area (Å²) in [5, 5.41) is 15.8. The number of carbonyl (C=O) groups excluding carboxylic acids is 2. The molecule has 0 aromatic heterocycles. The Labute approximate surface area is 178 Å². The Kier molecular flexibility index (Phi) is 5.85. The highest BCUT2D eigenvalue weighted by Gasteiger charge is 2.44. The number of hydrogen-bond donors (Lipinski definition) is 3. The summed E-state index contributed by atoms with van der Waals surface area (Å²) >= 11 is 0. The van der Waals surface area contributed by atoms with Crippen LogP contribution in [0.1, 0.15) is 32.8 Å². The number of benzene rings is 2. The average molecular weight is 432 g/mol. The Morgan fingerprint density at radius 2 is 1.58 bits per heavy atom. The minimum Gasteiger partial charge on any atom is -0.509 e. The van der Waals surface area contributed by atoms with Gasteiger partial charge in [0.2, 0.25) is 0 Å². The largest absolute Gasteiger partial charge is 0.509 e. The molecular formula is C23H23F3N2O3. The van der Waals surface area contributed by atoms with Crippen molar-refractivity contribution in [2.24, 2.45) is 5.92 Å². The predicted molar refractivity (Wildman–Crippen MR) is 111 cm³/mol. The second-order valence-electron chi connectivity index (χ2n) is 8.21. The van der Waals surface area contributed by atoms with Crippen LogP contribution in [0.15, 0.2) is 59.9 Å². The van der Waals surface area contributed by atoms with Crippen LogP contribution in [0.5, 0.6) is 0 Å². The van der Waals surface area contributed by atoms with Crippen molar-refractivity contribution in [2.75, 3.05) is 5.32 Å². The minimum absolute atomic E-state index is 0.188. The molecule has 0 spiro atoms. The highest BCUT2D eigenvalue weighted by atomic mass is 19.4. The maximum Gasteiger partial charge on any atom is 0.416 e. The molecule has 0 saturated heterocycles. The van der Waals surface area contributed by atoms with Gasteiger partial charge in [-0.25, -0.2) is 0 Å². The molecule has 1 unspecified atom stereocenters. The Bertz CT molecular complexity index is 1030. The van der Waals surface area contributed by atoms with E-state index in [2.05, 4.69) is 10.6 Å². The van der Waals surface area contributed by atoms with Gasteiger partial charge in [-0.3, -0.25) is 9.59 Å². The van der Waals surface area contributed by atoms with Crippen LogP contribution in [-0.4, -0.2) is 22.5 Å². The highest BCUT2D eigenvalue weighted by molar-refractivity contribution is 6.24. The quantitative estimate of drug-likeness (QED) is 0.578. The van der Waals surface area contributed by atoms with Crippen LogP contribution in [0, 0.1) is 5.92 Å². The van der Waals surface area contributed by atoms with Crippen LogP contribution < -0.4 is 10.6 Å². The summed E-state index contributed by atoms with van der Waals surface area (Å²) in [7, 11) is 0. The molecule has 0 saturated carbocycles. The number of carbonyl (C=O) groups is 2. The van der Waals surface area contributed by atoms with Gasteiger partial charge in [0.25, 0.3) is 11.8 Å². The fourth-order valence-electron chi connectivity index (χ4n) is 3.72. The average Bonchev–Trinajstić information content (AvgIpc) is 2.89. The van der Waals surface area contributed by atoms with Crippen molar-refractivity contribution >= 4 is 17.5 Å². The molecule has 0 fully saturated rings. The van der Waals surface area contributed by atoms with E-state index in [9.17, 15) is 27.9 Å². The van der Waals surface area contributed by atoms with Crippen molar-refractivity contribution in [3.63, 3.8) is 0 Å². The lowest BCUT2D eigenvalue weighted by Gasteiger charge is -2.26. The van der Waals surface area contributed by atoms with Crippen molar-refractivity contribution in [1.29, 1.82) is 0 Å². The number of rotatable bonds is 5. The van der Waals surface area contributed by atoms with Gasteiger partial charge < -0.3 is 15.7 Å². The van der Waals surface area contributed by atoms with Crippen LogP contribution in [0.3, 0.4) is 0 Å². The summed E-state index contributed by atoms with van der Waals surface area (Å²) in [6, 6.07) is 11.2. The molecule has 5 nitrogen and oxygen atoms in total. The molecule has 1 aliphatic heterocycles. The first-order valence-corrected chi connectivity index (χ1v) is 9.76. The number of nitrogens with one attached hydrogen (secondary N) is 2. The van der Waals surface area contributed by atoms with Gasteiger partial charge in [0.15, 0.2) is 0 Å². The summed E-state index contributed by atoms with van der Waals surface area (Å²) in [4.78, 5) is 24.9. The normalized spacial score (nSPS) is 19.0. The van der Waals surface area contributed by atoms with E-state index in [1.807, 2.05) is 13.8 Å². The number of anilines is 1. The van der Waals surface area contributed by atoms with E-state index in [0.29, 0.717) is 23.2 Å². The zero-order valence-corrected chi connectivity index (χ0v) is 17.3. The monoisotopic (exact) mass is 432 g/mol. The lowest BCUT2D eigenvalue weighted by Crippen LogP contribution is -2.42. The molecule has 8 heteroatoms. The third-order valence-corrected chi connectivity index (χ3v) is 5.11. The molecule has 31 heavy (non-hydrogen) atoms. The summed E-state index contributed by atoms with van der Waals surface area (Å²) < 4.78 is 38.1. The first kappa shape index (κ1) is 22.4. The van der Waals surface area contributed by atoms with Gasteiger partial charge in [-0.2, -0.15) is 13.2 Å². The first-order chi connectivity index (χ1) is 14.4. The summed E-state index contributed by atoms with van der Waals surface area (Å²) in [6.07, 6.45) is -3.92. The smallest absolute Gasteiger partial charge is 0.416 e. The predicted octanol–water partition coefficient (Wildman–Crippen LogP) is 5.06. The van der Waals surface area contributed by atoms with Gasteiger partial charge in [-0.05, 0) is 54.7 Å². The van der Waals surface area contributed by atoms with Crippen LogP contribution >= 0.6 is 0 Å². The van der Waals surface area contributed by atoms with E-state index in [4.69, 9.17) is 0 Å². The molecule has 2 amide bonds. The van der Waals surface area contributed by atoms with Crippen molar-refractivity contribution in [3.8, 4) is 11.1 Å². The van der Waals surface area contributed by atoms with Crippen LogP contribution in [-0.2, 0) is 15.8 Å². The molecule has 3 rings (SSSR count). The number of amides is 2. The van der Waals surface area contributed by atoms with Crippen LogP contribution in [0.25, 0.3) is 11.1 Å².